The highest BCUT2D eigenvalue weighted by molar-refractivity contribution is 9.10. The van der Waals surface area contributed by atoms with Crippen molar-refractivity contribution in [2.45, 2.75) is 13.3 Å². The van der Waals surface area contributed by atoms with E-state index < -0.39 is 0 Å². The van der Waals surface area contributed by atoms with Gasteiger partial charge in [-0.1, -0.05) is 24.3 Å². The first-order chi connectivity index (χ1) is 10.2. The normalized spacial score (nSPS) is 11.2. The first kappa shape index (κ1) is 14.3. The van der Waals surface area contributed by atoms with Crippen molar-refractivity contribution in [3.63, 3.8) is 0 Å². The number of hydrogen-bond donors (Lipinski definition) is 0. The number of benzene rings is 1. The fourth-order valence-electron chi connectivity index (χ4n) is 2.43. The maximum Gasteiger partial charge on any atom is 0.140 e. The van der Waals surface area contributed by atoms with Crippen molar-refractivity contribution >= 4 is 21.6 Å². The minimum Gasteiger partial charge on any atom is -0.384 e. The lowest BCUT2D eigenvalue weighted by atomic mass is 10.1. The number of rotatable bonds is 4. The van der Waals surface area contributed by atoms with E-state index in [2.05, 4.69) is 63.8 Å². The van der Waals surface area contributed by atoms with Crippen LogP contribution < -0.4 is 0 Å². The number of aryl methyl sites for hydroxylation is 1. The molecule has 0 bridgehead atoms. The van der Waals surface area contributed by atoms with Crippen molar-refractivity contribution in [3.05, 3.63) is 58.3 Å². The fourth-order valence-corrected chi connectivity index (χ4v) is 2.99. The molecule has 108 valence electrons. The van der Waals surface area contributed by atoms with Gasteiger partial charge >= 0.3 is 0 Å². The highest BCUT2D eigenvalue weighted by atomic mass is 79.9. The van der Waals surface area contributed by atoms with Crippen LogP contribution >= 0.6 is 15.9 Å². The van der Waals surface area contributed by atoms with Crippen molar-refractivity contribution in [3.8, 4) is 11.3 Å². The molecular formula is C17H17BrN2O. The second-order valence-corrected chi connectivity index (χ2v) is 6.05. The van der Waals surface area contributed by atoms with Gasteiger partial charge in [-0.15, -0.1) is 0 Å². The molecule has 3 nitrogen and oxygen atoms in total. The molecule has 0 atom stereocenters. The molecule has 0 radical (unpaired) electrons. The number of methoxy groups -OCH3 is 1. The first-order valence-corrected chi connectivity index (χ1v) is 7.70. The van der Waals surface area contributed by atoms with Gasteiger partial charge in [-0.25, -0.2) is 4.98 Å². The maximum absolute atomic E-state index is 5.10. The van der Waals surface area contributed by atoms with Gasteiger partial charge < -0.3 is 9.14 Å². The van der Waals surface area contributed by atoms with Gasteiger partial charge in [0.05, 0.1) is 12.3 Å². The average Bonchev–Trinajstić information content (AvgIpc) is 2.90. The maximum atomic E-state index is 5.10. The van der Waals surface area contributed by atoms with Crippen molar-refractivity contribution in [2.75, 3.05) is 13.7 Å². The summed E-state index contributed by atoms with van der Waals surface area (Å²) in [5, 5.41) is 0. The molecule has 0 unspecified atom stereocenters. The molecule has 0 saturated heterocycles. The van der Waals surface area contributed by atoms with Crippen molar-refractivity contribution in [1.82, 2.24) is 9.38 Å². The summed E-state index contributed by atoms with van der Waals surface area (Å²) in [5.41, 5.74) is 5.57. The molecule has 3 rings (SSSR count). The Morgan fingerprint density at radius 1 is 1.19 bits per heavy atom. The van der Waals surface area contributed by atoms with Gasteiger partial charge in [-0.3, -0.25) is 0 Å². The Balaban J connectivity index is 1.95. The van der Waals surface area contributed by atoms with E-state index >= 15 is 0 Å². The van der Waals surface area contributed by atoms with Crippen LogP contribution in [0.25, 0.3) is 16.9 Å². The lowest BCUT2D eigenvalue weighted by Crippen LogP contribution is -1.93. The highest BCUT2D eigenvalue weighted by Crippen LogP contribution is 2.23. The van der Waals surface area contributed by atoms with Gasteiger partial charge in [-0.2, -0.15) is 0 Å². The van der Waals surface area contributed by atoms with Gasteiger partial charge in [-0.05, 0) is 46.5 Å². The molecule has 0 aliphatic carbocycles. The summed E-state index contributed by atoms with van der Waals surface area (Å²) in [5.74, 6) is 0. The third-order valence-corrected chi connectivity index (χ3v) is 3.98. The number of halogens is 1. The van der Waals surface area contributed by atoms with E-state index in [9.17, 15) is 0 Å². The van der Waals surface area contributed by atoms with Crippen LogP contribution in [0.4, 0.5) is 0 Å². The van der Waals surface area contributed by atoms with Crippen LogP contribution in [0.1, 0.15) is 11.1 Å². The zero-order chi connectivity index (χ0) is 14.8. The molecule has 0 saturated carbocycles. The minimum absolute atomic E-state index is 0.751. The Kier molecular flexibility index (Phi) is 4.08. The van der Waals surface area contributed by atoms with E-state index in [1.807, 2.05) is 6.20 Å². The molecule has 0 spiro atoms. The van der Waals surface area contributed by atoms with Crippen LogP contribution in [0.3, 0.4) is 0 Å². The summed E-state index contributed by atoms with van der Waals surface area (Å²) >= 11 is 3.52. The molecule has 0 N–H and O–H groups in total. The number of pyridine rings is 1. The largest absolute Gasteiger partial charge is 0.384 e. The minimum atomic E-state index is 0.751. The summed E-state index contributed by atoms with van der Waals surface area (Å²) in [6.07, 6.45) is 5.04. The molecular weight excluding hydrogens is 328 g/mol. The monoisotopic (exact) mass is 344 g/mol. The summed E-state index contributed by atoms with van der Waals surface area (Å²) in [7, 11) is 1.73. The predicted octanol–water partition coefficient (Wildman–Crippen LogP) is 4.26. The Morgan fingerprint density at radius 2 is 1.95 bits per heavy atom. The second-order valence-electron chi connectivity index (χ2n) is 5.14. The lowest BCUT2D eigenvalue weighted by molar-refractivity contribution is 0.202. The smallest absolute Gasteiger partial charge is 0.140 e. The highest BCUT2D eigenvalue weighted by Gasteiger charge is 2.07. The van der Waals surface area contributed by atoms with Gasteiger partial charge in [0, 0.05) is 29.5 Å². The lowest BCUT2D eigenvalue weighted by Gasteiger charge is -2.01. The Hall–Kier alpha value is -1.65. The number of imidazole rings is 1. The molecule has 0 aliphatic heterocycles. The number of hydrogen-bond acceptors (Lipinski definition) is 2. The standard InChI is InChI=1S/C17H17BrN2O/c1-12-9-15(18)10-20-11-16(19-17(12)20)14-5-3-13(4-6-14)7-8-21-2/h3-6,9-11H,7-8H2,1-2H3. The summed E-state index contributed by atoms with van der Waals surface area (Å²) in [4.78, 5) is 4.73. The van der Waals surface area contributed by atoms with Crippen molar-refractivity contribution in [2.24, 2.45) is 0 Å². The fraction of sp³-hybridized carbons (Fsp3) is 0.235. The van der Waals surface area contributed by atoms with Gasteiger partial charge in [0.1, 0.15) is 5.65 Å². The Bertz CT molecular complexity index is 762. The summed E-state index contributed by atoms with van der Waals surface area (Å²) < 4.78 is 8.23. The molecule has 0 fully saturated rings. The molecule has 21 heavy (non-hydrogen) atoms. The molecule has 4 heteroatoms. The van der Waals surface area contributed by atoms with Crippen molar-refractivity contribution < 1.29 is 4.74 Å². The first-order valence-electron chi connectivity index (χ1n) is 6.90. The number of ether oxygens (including phenoxy) is 1. The summed E-state index contributed by atoms with van der Waals surface area (Å²) in [6.45, 7) is 2.83. The molecule has 1 aromatic carbocycles. The molecule has 2 heterocycles. The van der Waals surface area contributed by atoms with Crippen LogP contribution in [-0.2, 0) is 11.2 Å². The van der Waals surface area contributed by atoms with Crippen LogP contribution in [0, 0.1) is 6.92 Å². The average molecular weight is 345 g/mol. The van der Waals surface area contributed by atoms with Gasteiger partial charge in [0.2, 0.25) is 0 Å². The molecule has 0 amide bonds. The molecule has 0 aliphatic rings. The van der Waals surface area contributed by atoms with Crippen LogP contribution in [0.2, 0.25) is 0 Å². The third kappa shape index (κ3) is 3.01. The zero-order valence-electron chi connectivity index (χ0n) is 12.1. The number of fused-ring (bicyclic) bond motifs is 1. The predicted molar refractivity (Wildman–Crippen MR) is 88.6 cm³/mol. The van der Waals surface area contributed by atoms with Crippen molar-refractivity contribution in [1.29, 1.82) is 0 Å². The number of aromatic nitrogens is 2. The SMILES string of the molecule is COCCc1ccc(-c2cn3cc(Br)cc(C)c3n2)cc1. The molecule has 3 aromatic rings. The van der Waals surface area contributed by atoms with Gasteiger partial charge in [0.15, 0.2) is 0 Å². The second kappa shape index (κ2) is 6.00. The van der Waals surface area contributed by atoms with Crippen LogP contribution in [-0.4, -0.2) is 23.1 Å². The van der Waals surface area contributed by atoms with Crippen LogP contribution in [0.5, 0.6) is 0 Å². The van der Waals surface area contributed by atoms with E-state index in [1.165, 1.54) is 5.56 Å². The van der Waals surface area contributed by atoms with Gasteiger partial charge in [0.25, 0.3) is 0 Å². The molecule has 2 aromatic heterocycles. The van der Waals surface area contributed by atoms with E-state index in [1.54, 1.807) is 7.11 Å². The third-order valence-electron chi connectivity index (χ3n) is 3.55. The Morgan fingerprint density at radius 3 is 2.67 bits per heavy atom. The topological polar surface area (TPSA) is 26.5 Å². The van der Waals surface area contributed by atoms with E-state index in [0.29, 0.717) is 0 Å². The zero-order valence-corrected chi connectivity index (χ0v) is 13.7. The van der Waals surface area contributed by atoms with E-state index in [-0.39, 0.29) is 0 Å². The Labute approximate surface area is 132 Å². The van der Waals surface area contributed by atoms with E-state index in [4.69, 9.17) is 9.72 Å². The van der Waals surface area contributed by atoms with Crippen LogP contribution in [0.15, 0.2) is 47.2 Å². The number of nitrogens with zero attached hydrogens (tertiary/aromatic N) is 2. The quantitative estimate of drug-likeness (QED) is 0.706. The summed E-state index contributed by atoms with van der Waals surface area (Å²) in [6, 6.07) is 10.6. The van der Waals surface area contributed by atoms with E-state index in [0.717, 1.165) is 40.0 Å².